The van der Waals surface area contributed by atoms with Gasteiger partial charge in [-0.25, -0.2) is 0 Å². The standard InChI is InChI=1S/C8H15N/c1-2-4-8(7-9)5-3-6-8/h2H,1,3-7,9H2. The van der Waals surface area contributed by atoms with Crippen LogP contribution in [0.5, 0.6) is 0 Å². The summed E-state index contributed by atoms with van der Waals surface area (Å²) >= 11 is 0. The zero-order valence-corrected chi connectivity index (χ0v) is 5.90. The van der Waals surface area contributed by atoms with Gasteiger partial charge in [-0.15, -0.1) is 6.58 Å². The van der Waals surface area contributed by atoms with Gasteiger partial charge in [0.1, 0.15) is 0 Å². The molecule has 1 rings (SSSR count). The van der Waals surface area contributed by atoms with Crippen molar-refractivity contribution in [1.82, 2.24) is 0 Å². The summed E-state index contributed by atoms with van der Waals surface area (Å²) in [5, 5.41) is 0. The Morgan fingerprint density at radius 3 is 2.33 bits per heavy atom. The van der Waals surface area contributed by atoms with Gasteiger partial charge in [0, 0.05) is 0 Å². The van der Waals surface area contributed by atoms with Crippen molar-refractivity contribution in [2.45, 2.75) is 25.7 Å². The topological polar surface area (TPSA) is 26.0 Å². The molecule has 1 aliphatic rings. The Bertz CT molecular complexity index is 97.6. The number of hydrogen-bond acceptors (Lipinski definition) is 1. The van der Waals surface area contributed by atoms with Gasteiger partial charge in [-0.1, -0.05) is 12.5 Å². The molecule has 0 bridgehead atoms. The highest BCUT2D eigenvalue weighted by Gasteiger charge is 2.33. The Morgan fingerprint density at radius 2 is 2.22 bits per heavy atom. The van der Waals surface area contributed by atoms with Crippen LogP contribution in [0.4, 0.5) is 0 Å². The van der Waals surface area contributed by atoms with Gasteiger partial charge in [-0.2, -0.15) is 0 Å². The minimum atomic E-state index is 0.474. The van der Waals surface area contributed by atoms with Crippen LogP contribution in [0.2, 0.25) is 0 Å². The van der Waals surface area contributed by atoms with Gasteiger partial charge in [0.15, 0.2) is 0 Å². The fraction of sp³-hybridized carbons (Fsp3) is 0.750. The zero-order chi connectivity index (χ0) is 6.74. The first-order valence-corrected chi connectivity index (χ1v) is 3.64. The molecule has 2 N–H and O–H groups in total. The average molecular weight is 125 g/mol. The van der Waals surface area contributed by atoms with Crippen molar-refractivity contribution in [3.8, 4) is 0 Å². The molecule has 1 fully saturated rings. The molecular weight excluding hydrogens is 110 g/mol. The second kappa shape index (κ2) is 2.53. The maximum Gasteiger partial charge on any atom is -0.00176 e. The quantitative estimate of drug-likeness (QED) is 0.571. The summed E-state index contributed by atoms with van der Waals surface area (Å²) in [5.41, 5.74) is 6.08. The van der Waals surface area contributed by atoms with Crippen LogP contribution < -0.4 is 5.73 Å². The molecule has 0 aliphatic heterocycles. The predicted octanol–water partition coefficient (Wildman–Crippen LogP) is 1.69. The van der Waals surface area contributed by atoms with Crippen molar-refractivity contribution in [3.63, 3.8) is 0 Å². The van der Waals surface area contributed by atoms with E-state index in [1.807, 2.05) is 6.08 Å². The van der Waals surface area contributed by atoms with E-state index in [-0.39, 0.29) is 0 Å². The molecule has 0 amide bonds. The molecule has 0 aromatic carbocycles. The van der Waals surface area contributed by atoms with Crippen molar-refractivity contribution >= 4 is 0 Å². The lowest BCUT2D eigenvalue weighted by atomic mass is 9.67. The Morgan fingerprint density at radius 1 is 1.56 bits per heavy atom. The van der Waals surface area contributed by atoms with E-state index < -0.39 is 0 Å². The molecule has 0 spiro atoms. The number of rotatable bonds is 3. The summed E-state index contributed by atoms with van der Waals surface area (Å²) in [5.74, 6) is 0. The summed E-state index contributed by atoms with van der Waals surface area (Å²) in [6.07, 6.45) is 7.10. The van der Waals surface area contributed by atoms with Gasteiger partial charge >= 0.3 is 0 Å². The van der Waals surface area contributed by atoms with Crippen molar-refractivity contribution in [2.75, 3.05) is 6.54 Å². The summed E-state index contributed by atoms with van der Waals surface area (Å²) in [6, 6.07) is 0. The minimum Gasteiger partial charge on any atom is -0.330 e. The second-order valence-electron chi connectivity index (χ2n) is 3.05. The first kappa shape index (κ1) is 6.81. The molecule has 0 aromatic rings. The lowest BCUT2D eigenvalue weighted by molar-refractivity contribution is 0.149. The Kier molecular flexibility index (Phi) is 1.91. The third-order valence-electron chi connectivity index (χ3n) is 2.42. The molecule has 9 heavy (non-hydrogen) atoms. The first-order valence-electron chi connectivity index (χ1n) is 3.64. The smallest absolute Gasteiger partial charge is 0.00176 e. The molecule has 1 heteroatoms. The Balaban J connectivity index is 2.36. The molecule has 1 aliphatic carbocycles. The van der Waals surface area contributed by atoms with Gasteiger partial charge in [0.25, 0.3) is 0 Å². The molecule has 0 saturated heterocycles. The monoisotopic (exact) mass is 125 g/mol. The molecule has 52 valence electrons. The van der Waals surface area contributed by atoms with Crippen LogP contribution in [0.3, 0.4) is 0 Å². The molecule has 0 radical (unpaired) electrons. The van der Waals surface area contributed by atoms with E-state index in [0.29, 0.717) is 5.41 Å². The first-order chi connectivity index (χ1) is 4.33. The van der Waals surface area contributed by atoms with E-state index in [1.165, 1.54) is 19.3 Å². The fourth-order valence-electron chi connectivity index (χ4n) is 1.47. The molecule has 0 aromatic heterocycles. The van der Waals surface area contributed by atoms with Crippen molar-refractivity contribution in [1.29, 1.82) is 0 Å². The highest BCUT2D eigenvalue weighted by atomic mass is 14.6. The summed E-state index contributed by atoms with van der Waals surface area (Å²) in [6.45, 7) is 4.57. The Labute approximate surface area is 56.9 Å². The van der Waals surface area contributed by atoms with E-state index in [9.17, 15) is 0 Å². The zero-order valence-electron chi connectivity index (χ0n) is 5.90. The number of nitrogens with two attached hydrogens (primary N) is 1. The van der Waals surface area contributed by atoms with Crippen LogP contribution in [0.15, 0.2) is 12.7 Å². The van der Waals surface area contributed by atoms with E-state index in [0.717, 1.165) is 13.0 Å². The van der Waals surface area contributed by atoms with Crippen LogP contribution in [0, 0.1) is 5.41 Å². The van der Waals surface area contributed by atoms with Crippen LogP contribution in [-0.4, -0.2) is 6.54 Å². The lowest BCUT2D eigenvalue weighted by Gasteiger charge is -2.40. The summed E-state index contributed by atoms with van der Waals surface area (Å²) in [4.78, 5) is 0. The summed E-state index contributed by atoms with van der Waals surface area (Å²) < 4.78 is 0. The third-order valence-corrected chi connectivity index (χ3v) is 2.42. The van der Waals surface area contributed by atoms with Gasteiger partial charge in [0.2, 0.25) is 0 Å². The molecule has 1 nitrogen and oxygen atoms in total. The SMILES string of the molecule is C=CCC1(CN)CCC1. The molecule has 1 saturated carbocycles. The van der Waals surface area contributed by atoms with Crippen molar-refractivity contribution < 1.29 is 0 Å². The number of hydrogen-bond donors (Lipinski definition) is 1. The van der Waals surface area contributed by atoms with Crippen molar-refractivity contribution in [3.05, 3.63) is 12.7 Å². The molecule has 0 atom stereocenters. The van der Waals surface area contributed by atoms with Gasteiger partial charge < -0.3 is 5.73 Å². The van der Waals surface area contributed by atoms with E-state index in [1.54, 1.807) is 0 Å². The fourth-order valence-corrected chi connectivity index (χ4v) is 1.47. The minimum absolute atomic E-state index is 0.474. The highest BCUT2D eigenvalue weighted by molar-refractivity contribution is 4.93. The lowest BCUT2D eigenvalue weighted by Crippen LogP contribution is -2.36. The van der Waals surface area contributed by atoms with Gasteiger partial charge in [-0.05, 0) is 31.2 Å². The molecule has 0 heterocycles. The average Bonchev–Trinajstić information content (AvgIpc) is 1.79. The predicted molar refractivity (Wildman–Crippen MR) is 40.2 cm³/mol. The second-order valence-corrected chi connectivity index (χ2v) is 3.05. The molecular formula is C8H15N. The molecule has 0 unspecified atom stereocenters. The maximum absolute atomic E-state index is 5.61. The van der Waals surface area contributed by atoms with Gasteiger partial charge in [0.05, 0.1) is 0 Å². The normalized spacial score (nSPS) is 22.8. The van der Waals surface area contributed by atoms with Crippen molar-refractivity contribution in [2.24, 2.45) is 11.1 Å². The van der Waals surface area contributed by atoms with Crippen LogP contribution in [0.25, 0.3) is 0 Å². The van der Waals surface area contributed by atoms with E-state index in [2.05, 4.69) is 6.58 Å². The largest absolute Gasteiger partial charge is 0.330 e. The number of allylic oxidation sites excluding steroid dienone is 1. The van der Waals surface area contributed by atoms with Crippen LogP contribution >= 0.6 is 0 Å². The van der Waals surface area contributed by atoms with Gasteiger partial charge in [-0.3, -0.25) is 0 Å². The highest BCUT2D eigenvalue weighted by Crippen LogP contribution is 2.42. The Hall–Kier alpha value is -0.300. The van der Waals surface area contributed by atoms with Crippen LogP contribution in [-0.2, 0) is 0 Å². The van der Waals surface area contributed by atoms with E-state index >= 15 is 0 Å². The summed E-state index contributed by atoms with van der Waals surface area (Å²) in [7, 11) is 0. The third kappa shape index (κ3) is 1.16. The van der Waals surface area contributed by atoms with E-state index in [4.69, 9.17) is 5.73 Å². The van der Waals surface area contributed by atoms with Crippen LogP contribution in [0.1, 0.15) is 25.7 Å². The maximum atomic E-state index is 5.61.